The molecule has 3 rings (SSSR count). The van der Waals surface area contributed by atoms with Crippen LogP contribution in [-0.4, -0.2) is 21.5 Å². The Labute approximate surface area is 98.9 Å². The average Bonchev–Trinajstić information content (AvgIpc) is 2.68. The topological polar surface area (TPSA) is 29.1 Å². The van der Waals surface area contributed by atoms with Crippen LogP contribution in [0.25, 0.3) is 0 Å². The molecule has 0 amide bonds. The third-order valence-electron chi connectivity index (χ3n) is 3.71. The van der Waals surface area contributed by atoms with Crippen LogP contribution < -0.4 is 5.32 Å². The monoisotopic (exact) mass is 235 g/mol. The summed E-state index contributed by atoms with van der Waals surface area (Å²) < 4.78 is 12.4. The zero-order valence-electron chi connectivity index (χ0n) is 9.26. The summed E-state index contributed by atoms with van der Waals surface area (Å²) in [4.78, 5) is 0.994. The molecule has 2 fully saturated rings. The van der Waals surface area contributed by atoms with Crippen molar-refractivity contribution >= 4 is 10.8 Å². The SMILES string of the molecule is O=S(c1ccccc1)C1C[C@H]2CC[C@@H](C1)N2. The molecule has 2 nitrogen and oxygen atoms in total. The van der Waals surface area contributed by atoms with Crippen molar-refractivity contribution in [1.29, 1.82) is 0 Å². The number of hydrogen-bond donors (Lipinski definition) is 1. The molecular weight excluding hydrogens is 218 g/mol. The van der Waals surface area contributed by atoms with Crippen LogP contribution >= 0.6 is 0 Å². The number of benzene rings is 1. The summed E-state index contributed by atoms with van der Waals surface area (Å²) in [6.45, 7) is 0. The van der Waals surface area contributed by atoms with E-state index in [0.717, 1.165) is 17.7 Å². The fraction of sp³-hybridized carbons (Fsp3) is 0.538. The van der Waals surface area contributed by atoms with Gasteiger partial charge in [-0.2, -0.15) is 0 Å². The molecule has 2 unspecified atom stereocenters. The van der Waals surface area contributed by atoms with Gasteiger partial charge < -0.3 is 5.32 Å². The first kappa shape index (κ1) is 10.5. The lowest BCUT2D eigenvalue weighted by Gasteiger charge is -2.28. The number of piperidine rings is 1. The lowest BCUT2D eigenvalue weighted by atomic mass is 10.1. The van der Waals surface area contributed by atoms with Crippen molar-refractivity contribution < 1.29 is 4.21 Å². The molecule has 86 valence electrons. The average molecular weight is 235 g/mol. The van der Waals surface area contributed by atoms with Crippen molar-refractivity contribution in [1.82, 2.24) is 5.32 Å². The van der Waals surface area contributed by atoms with Gasteiger partial charge in [-0.05, 0) is 37.8 Å². The number of fused-ring (bicyclic) bond motifs is 2. The maximum atomic E-state index is 12.4. The van der Waals surface area contributed by atoms with E-state index in [1.165, 1.54) is 12.8 Å². The van der Waals surface area contributed by atoms with E-state index in [1.54, 1.807) is 0 Å². The fourth-order valence-corrected chi connectivity index (χ4v) is 4.55. The molecule has 0 spiro atoms. The van der Waals surface area contributed by atoms with Gasteiger partial charge in [0.1, 0.15) is 0 Å². The maximum absolute atomic E-state index is 12.4. The summed E-state index contributed by atoms with van der Waals surface area (Å²) in [7, 11) is -0.811. The predicted octanol–water partition coefficient (Wildman–Crippen LogP) is 2.08. The highest BCUT2D eigenvalue weighted by atomic mass is 32.2. The first-order valence-corrected chi connectivity index (χ1v) is 7.26. The van der Waals surface area contributed by atoms with Crippen molar-refractivity contribution in [2.45, 2.75) is 47.9 Å². The van der Waals surface area contributed by atoms with E-state index >= 15 is 0 Å². The summed E-state index contributed by atoms with van der Waals surface area (Å²) >= 11 is 0. The Bertz CT molecular complexity index is 380. The third-order valence-corrected chi connectivity index (χ3v) is 5.44. The van der Waals surface area contributed by atoms with Crippen LogP contribution in [-0.2, 0) is 10.8 Å². The van der Waals surface area contributed by atoms with Crippen molar-refractivity contribution in [3.05, 3.63) is 30.3 Å². The number of rotatable bonds is 2. The molecule has 16 heavy (non-hydrogen) atoms. The van der Waals surface area contributed by atoms with Crippen molar-refractivity contribution in [3.8, 4) is 0 Å². The third kappa shape index (κ3) is 1.94. The Hall–Kier alpha value is -0.670. The van der Waals surface area contributed by atoms with Gasteiger partial charge in [-0.15, -0.1) is 0 Å². The zero-order valence-corrected chi connectivity index (χ0v) is 10.1. The molecule has 1 aromatic rings. The van der Waals surface area contributed by atoms with Gasteiger partial charge in [-0.3, -0.25) is 4.21 Å². The quantitative estimate of drug-likeness (QED) is 0.850. The maximum Gasteiger partial charge on any atom is 0.0562 e. The van der Waals surface area contributed by atoms with Gasteiger partial charge in [0, 0.05) is 22.2 Å². The molecule has 2 aliphatic rings. The fourth-order valence-electron chi connectivity index (χ4n) is 2.93. The highest BCUT2D eigenvalue weighted by Crippen LogP contribution is 2.31. The molecule has 2 heterocycles. The second-order valence-electron chi connectivity index (χ2n) is 4.84. The zero-order chi connectivity index (χ0) is 11.0. The molecule has 4 atom stereocenters. The minimum absolute atomic E-state index is 0.362. The molecule has 1 aromatic carbocycles. The molecule has 2 aliphatic heterocycles. The minimum atomic E-state index is -0.811. The Morgan fingerprint density at radius 1 is 1.06 bits per heavy atom. The van der Waals surface area contributed by atoms with E-state index in [0.29, 0.717) is 17.3 Å². The van der Waals surface area contributed by atoms with Crippen LogP contribution in [0, 0.1) is 0 Å². The van der Waals surface area contributed by atoms with Gasteiger partial charge in [0.15, 0.2) is 0 Å². The van der Waals surface area contributed by atoms with Crippen molar-refractivity contribution in [3.63, 3.8) is 0 Å². The Balaban J connectivity index is 1.76. The van der Waals surface area contributed by atoms with Crippen LogP contribution in [0.15, 0.2) is 35.2 Å². The van der Waals surface area contributed by atoms with Gasteiger partial charge in [0.25, 0.3) is 0 Å². The normalized spacial score (nSPS) is 34.9. The molecule has 3 heteroatoms. The molecule has 0 aromatic heterocycles. The number of nitrogens with one attached hydrogen (secondary N) is 1. The van der Waals surface area contributed by atoms with Crippen LogP contribution in [0.3, 0.4) is 0 Å². The Kier molecular flexibility index (Phi) is 2.82. The van der Waals surface area contributed by atoms with Gasteiger partial charge in [0.2, 0.25) is 0 Å². The molecule has 0 radical (unpaired) electrons. The summed E-state index contributed by atoms with van der Waals surface area (Å²) in [5.74, 6) is 0. The lowest BCUT2D eigenvalue weighted by Crippen LogP contribution is -2.41. The highest BCUT2D eigenvalue weighted by molar-refractivity contribution is 7.85. The lowest BCUT2D eigenvalue weighted by molar-refractivity contribution is 0.409. The molecule has 2 saturated heterocycles. The van der Waals surface area contributed by atoms with Gasteiger partial charge >= 0.3 is 0 Å². The standard InChI is InChI=1S/C13H17NOS/c15-16(12-4-2-1-3-5-12)13-8-10-6-7-11(9-13)14-10/h1-5,10-11,13-14H,6-9H2/t10-,11+,13?,16?. The number of hydrogen-bond acceptors (Lipinski definition) is 2. The van der Waals surface area contributed by atoms with Crippen LogP contribution in [0.1, 0.15) is 25.7 Å². The van der Waals surface area contributed by atoms with Crippen molar-refractivity contribution in [2.24, 2.45) is 0 Å². The Morgan fingerprint density at radius 2 is 1.69 bits per heavy atom. The van der Waals surface area contributed by atoms with E-state index < -0.39 is 10.8 Å². The summed E-state index contributed by atoms with van der Waals surface area (Å²) in [5, 5.41) is 3.95. The highest BCUT2D eigenvalue weighted by Gasteiger charge is 2.36. The van der Waals surface area contributed by atoms with Gasteiger partial charge in [0.05, 0.1) is 10.8 Å². The Morgan fingerprint density at radius 3 is 2.31 bits per heavy atom. The molecule has 1 N–H and O–H groups in total. The van der Waals surface area contributed by atoms with Gasteiger partial charge in [-0.1, -0.05) is 18.2 Å². The van der Waals surface area contributed by atoms with Crippen LogP contribution in [0.2, 0.25) is 0 Å². The van der Waals surface area contributed by atoms with E-state index in [2.05, 4.69) is 5.32 Å². The predicted molar refractivity (Wildman–Crippen MR) is 65.8 cm³/mol. The molecule has 2 bridgehead atoms. The molecule has 0 saturated carbocycles. The second-order valence-corrected chi connectivity index (χ2v) is 6.57. The summed E-state index contributed by atoms with van der Waals surface area (Å²) in [6.07, 6.45) is 4.70. The summed E-state index contributed by atoms with van der Waals surface area (Å²) in [6, 6.07) is 11.1. The van der Waals surface area contributed by atoms with Crippen LogP contribution in [0.5, 0.6) is 0 Å². The molecular formula is C13H17NOS. The van der Waals surface area contributed by atoms with E-state index in [1.807, 2.05) is 30.3 Å². The second kappa shape index (κ2) is 4.30. The smallest absolute Gasteiger partial charge is 0.0562 e. The van der Waals surface area contributed by atoms with E-state index in [9.17, 15) is 4.21 Å². The van der Waals surface area contributed by atoms with E-state index in [-0.39, 0.29) is 0 Å². The molecule has 0 aliphatic carbocycles. The van der Waals surface area contributed by atoms with Gasteiger partial charge in [-0.25, -0.2) is 0 Å². The largest absolute Gasteiger partial charge is 0.311 e. The van der Waals surface area contributed by atoms with Crippen LogP contribution in [0.4, 0.5) is 0 Å². The minimum Gasteiger partial charge on any atom is -0.311 e. The van der Waals surface area contributed by atoms with E-state index in [4.69, 9.17) is 0 Å². The first-order chi connectivity index (χ1) is 7.83. The summed E-state index contributed by atoms with van der Waals surface area (Å²) in [5.41, 5.74) is 0. The van der Waals surface area contributed by atoms with Crippen molar-refractivity contribution in [2.75, 3.05) is 0 Å². The first-order valence-electron chi connectivity index (χ1n) is 6.04.